The summed E-state index contributed by atoms with van der Waals surface area (Å²) in [5.41, 5.74) is 7.36. The van der Waals surface area contributed by atoms with Crippen molar-refractivity contribution in [2.75, 3.05) is 6.61 Å². The molecule has 29 aromatic rings. The van der Waals surface area contributed by atoms with Crippen molar-refractivity contribution in [1.82, 2.24) is 0 Å². The molecule has 0 unspecified atom stereocenters. The lowest BCUT2D eigenvalue weighted by Gasteiger charge is -2.32. The Morgan fingerprint density at radius 2 is 0.532 bits per heavy atom. The van der Waals surface area contributed by atoms with Gasteiger partial charge in [0.05, 0.1) is 6.61 Å². The van der Waals surface area contributed by atoms with Gasteiger partial charge >= 0.3 is 5.97 Å². The third-order valence-electron chi connectivity index (χ3n) is 27.5. The molecule has 1 fully saturated rings. The van der Waals surface area contributed by atoms with Gasteiger partial charge < -0.3 is 4.74 Å². The van der Waals surface area contributed by atoms with E-state index >= 15 is 0 Å². The van der Waals surface area contributed by atoms with Crippen LogP contribution in [0.5, 0.6) is 0 Å². The highest BCUT2D eigenvalue weighted by Crippen LogP contribution is 2.97. The molecule has 0 atom stereocenters. The van der Waals surface area contributed by atoms with Gasteiger partial charge in [0.25, 0.3) is 0 Å². The minimum atomic E-state index is -0.348. The molecule has 29 aromatic carbocycles. The third kappa shape index (κ3) is 1.73. The minimum Gasteiger partial charge on any atom is -0.466 e. The zero-order valence-electron chi connectivity index (χ0n) is 40.4. The first-order chi connectivity index (χ1) is 38.3. The Kier molecular flexibility index (Phi) is 2.89. The zero-order chi connectivity index (χ0) is 46.6. The fraction of sp³-hybridized carbons (Fsp3) is 0.133. The van der Waals surface area contributed by atoms with Gasteiger partial charge in [-0.15, -0.1) is 0 Å². The summed E-state index contributed by atoms with van der Waals surface area (Å²) < 4.78 is 6.09. The van der Waals surface area contributed by atoms with Gasteiger partial charge in [0.1, 0.15) is 0 Å². The predicted octanol–water partition coefficient (Wildman–Crippen LogP) is 19.8. The lowest BCUT2D eigenvalue weighted by atomic mass is 9.68. The van der Waals surface area contributed by atoms with Crippen molar-refractivity contribution >= 4 is 297 Å². The Morgan fingerprint density at radius 1 is 0.312 bits per heavy atom. The van der Waals surface area contributed by atoms with Crippen LogP contribution < -0.4 is 0 Å². The molecule has 0 heterocycles. The van der Waals surface area contributed by atoms with Gasteiger partial charge in [0.15, 0.2) is 0 Å². The average Bonchev–Trinajstić information content (AvgIpc) is 1.45. The second-order valence-corrected chi connectivity index (χ2v) is 27.9. The van der Waals surface area contributed by atoms with E-state index in [2.05, 4.69) is 37.3 Å². The van der Waals surface area contributed by atoms with Crippen LogP contribution in [0.4, 0.5) is 0 Å². The lowest BCUT2D eigenvalue weighted by Crippen LogP contribution is -2.27. The standard InChI is InChI=1S/C75H20O2/c1-2-3-12-77-14(76)10-7-11-73(13-8-5-4-6-9-13)74-69-61-53-43-33-25-17-15-16-19-23-21(17)29-37-31(23)41-35-27(19)28-20(16)24-22-18(15)26(25)34-40-30(22)38-32(24)42-36(28)46-45(35)55-49(41)59-51(37)57(47(53)39(29)33)65(69)67(59)71-63(55)64-56(46)50(42)60-52(38)58-48(40)54(44(34)43)62(61)70(74)66(58)68(60)72(64)75(71,73)74/h4-6,8-9H,2-3,7,10-12H2,1H3. The predicted molar refractivity (Wildman–Crippen MR) is 322 cm³/mol. The fourth-order valence-electron chi connectivity index (χ4n) is 27.3. The molecule has 0 aromatic heterocycles. The first-order valence-electron chi connectivity index (χ1n) is 29.3. The maximum absolute atomic E-state index is 14.2. The smallest absolute Gasteiger partial charge is 0.305 e. The summed E-state index contributed by atoms with van der Waals surface area (Å²) in [4.78, 5) is 14.2. The summed E-state index contributed by atoms with van der Waals surface area (Å²) in [6, 6.07) is 12.2. The van der Waals surface area contributed by atoms with Crippen LogP contribution in [-0.4, -0.2) is 12.6 Å². The molecule has 0 saturated heterocycles. The number of esters is 1. The van der Waals surface area contributed by atoms with Crippen molar-refractivity contribution in [3.63, 3.8) is 0 Å². The van der Waals surface area contributed by atoms with Crippen molar-refractivity contribution in [1.29, 1.82) is 0 Å². The van der Waals surface area contributed by atoms with E-state index in [0.717, 1.165) is 25.7 Å². The third-order valence-corrected chi connectivity index (χ3v) is 27.5. The van der Waals surface area contributed by atoms with Gasteiger partial charge in [-0.1, -0.05) is 43.7 Å². The lowest BCUT2D eigenvalue weighted by molar-refractivity contribution is -0.143. The molecule has 0 radical (unpaired) electrons. The van der Waals surface area contributed by atoms with E-state index < -0.39 is 0 Å². The number of rotatable bonds is 8. The summed E-state index contributed by atoms with van der Waals surface area (Å²) in [5.74, 6) is -0.0164. The summed E-state index contributed by atoms with van der Waals surface area (Å²) >= 11 is 0. The highest BCUT2D eigenvalue weighted by molar-refractivity contribution is 6.82. The molecule has 0 bridgehead atoms. The molecular weight excluding hydrogens is 933 g/mol. The van der Waals surface area contributed by atoms with E-state index in [1.807, 2.05) is 0 Å². The van der Waals surface area contributed by atoms with E-state index in [4.69, 9.17) is 4.74 Å². The van der Waals surface area contributed by atoms with Crippen LogP contribution in [0.1, 0.15) is 66.8 Å². The molecule has 34 rings (SSSR count). The van der Waals surface area contributed by atoms with Gasteiger partial charge in [0, 0.05) is 22.7 Å². The number of carbonyl (C=O) groups excluding carboxylic acids is 1. The Balaban J connectivity index is 1.04. The van der Waals surface area contributed by atoms with Crippen LogP contribution in [0, 0.1) is 0 Å². The average molecular weight is 953 g/mol. The van der Waals surface area contributed by atoms with E-state index in [0.29, 0.717) is 13.0 Å². The van der Waals surface area contributed by atoms with Crippen molar-refractivity contribution < 1.29 is 9.53 Å². The van der Waals surface area contributed by atoms with Crippen molar-refractivity contribution in [3.05, 3.63) is 58.1 Å². The first kappa shape index (κ1) is 30.6. The van der Waals surface area contributed by atoms with Gasteiger partial charge in [-0.2, -0.15) is 0 Å². The quantitative estimate of drug-likeness (QED) is 0.0862. The monoisotopic (exact) mass is 952 g/mol. The van der Waals surface area contributed by atoms with Crippen LogP contribution in [-0.2, 0) is 25.8 Å². The second-order valence-electron chi connectivity index (χ2n) is 27.9. The zero-order valence-corrected chi connectivity index (χ0v) is 40.4. The Hall–Kier alpha value is -8.85. The molecular formula is C75H20O2. The topological polar surface area (TPSA) is 26.3 Å². The molecule has 0 aliphatic heterocycles. The number of hydrogen-bond donors (Lipinski definition) is 0. The maximum atomic E-state index is 14.2. The number of ether oxygens (including phenoxy) is 1. The van der Waals surface area contributed by atoms with Crippen LogP contribution in [0.2, 0.25) is 0 Å². The number of hydrogen-bond acceptors (Lipinski definition) is 2. The molecule has 2 spiro atoms. The van der Waals surface area contributed by atoms with E-state index in [-0.39, 0.29) is 22.2 Å². The summed E-state index contributed by atoms with van der Waals surface area (Å²) in [6.45, 7) is 2.71. The van der Waals surface area contributed by atoms with Crippen LogP contribution in [0.15, 0.2) is 30.3 Å². The SMILES string of the molecule is CCCCOC(=O)CCCC1(c2ccccc2)C23c4c5c6c7c8c9c(c%10c%11c2c2c4c4c%12c5c5c6c6c8c8c%13c9c9c%10c%10c%11c%11c2c2c4c4c%12c%12c5c5c6c8c6c8c%13c9c9c%10c%10c%11c2c2c4c4c%12c5c6c5c8c9c%10c2c45)C713. The van der Waals surface area contributed by atoms with E-state index in [1.54, 1.807) is 313 Å². The van der Waals surface area contributed by atoms with Gasteiger partial charge in [0.2, 0.25) is 0 Å². The molecule has 5 aliphatic carbocycles. The molecule has 332 valence electrons. The van der Waals surface area contributed by atoms with Gasteiger partial charge in [-0.3, -0.25) is 4.79 Å². The van der Waals surface area contributed by atoms with Gasteiger partial charge in [-0.05, 0) is 338 Å². The first-order valence-corrected chi connectivity index (χ1v) is 29.3. The summed E-state index contributed by atoms with van der Waals surface area (Å²) in [6.07, 6.45) is 4.16. The van der Waals surface area contributed by atoms with E-state index in [1.165, 1.54) is 5.56 Å². The molecule has 1 saturated carbocycles. The second kappa shape index (κ2) is 7.26. The van der Waals surface area contributed by atoms with Crippen molar-refractivity contribution in [2.24, 2.45) is 0 Å². The van der Waals surface area contributed by atoms with Crippen LogP contribution in [0.3, 0.4) is 0 Å². The number of benzene rings is 19. The molecule has 0 amide bonds. The van der Waals surface area contributed by atoms with Crippen LogP contribution in [0.25, 0.3) is 291 Å². The molecule has 2 heteroatoms. The highest BCUT2D eigenvalue weighted by atomic mass is 16.5. The fourth-order valence-corrected chi connectivity index (χ4v) is 27.3. The van der Waals surface area contributed by atoms with Crippen molar-refractivity contribution in [3.8, 4) is 0 Å². The molecule has 5 aliphatic rings. The van der Waals surface area contributed by atoms with Crippen LogP contribution >= 0.6 is 0 Å². The highest BCUT2D eigenvalue weighted by Gasteiger charge is 2.94. The Morgan fingerprint density at radius 3 is 0.753 bits per heavy atom. The van der Waals surface area contributed by atoms with Gasteiger partial charge in [-0.25, -0.2) is 0 Å². The van der Waals surface area contributed by atoms with E-state index in [9.17, 15) is 4.79 Å². The minimum absolute atomic E-state index is 0.0164. The Bertz CT molecular complexity index is 7030. The molecule has 0 N–H and O–H groups in total. The normalized spacial score (nSPS) is 23.1. The Labute approximate surface area is 424 Å². The maximum Gasteiger partial charge on any atom is 0.305 e. The summed E-state index contributed by atoms with van der Waals surface area (Å²) in [5, 5.41) is 88.6. The summed E-state index contributed by atoms with van der Waals surface area (Å²) in [7, 11) is 0. The molecule has 2 nitrogen and oxygen atoms in total. The number of unbranched alkanes of at least 4 members (excludes halogenated alkanes) is 1. The number of carbonyl (C=O) groups is 1. The largest absolute Gasteiger partial charge is 0.466 e. The van der Waals surface area contributed by atoms with Crippen molar-refractivity contribution in [2.45, 2.75) is 55.3 Å². The molecule has 77 heavy (non-hydrogen) atoms.